The van der Waals surface area contributed by atoms with E-state index in [0.717, 1.165) is 115 Å². The minimum atomic E-state index is -4.95. The Kier molecular flexibility index (Phi) is 58.5. The van der Waals surface area contributed by atoms with E-state index in [9.17, 15) is 43.2 Å². The first-order valence-corrected chi connectivity index (χ1v) is 39.2. The minimum absolute atomic E-state index is 0.103. The van der Waals surface area contributed by atoms with Crippen LogP contribution in [0.5, 0.6) is 0 Å². The number of carbonyl (C=O) groups excluding carboxylic acids is 4. The van der Waals surface area contributed by atoms with Gasteiger partial charge in [0.2, 0.25) is 0 Å². The highest BCUT2D eigenvalue weighted by Crippen LogP contribution is 2.45. The SMILES string of the molecule is CC(C)CCCCCCCCCCCCCCCCCCC(=O)O[C@H](COC(=O)CCCCCCCCCC(C)C)COP(=O)(O)OCC(O)COP(=O)(O)OC[C@@H](COC(=O)CCCCCCCCC(C)C)OC(=O)CCCCCCCCCCC(C)C. The van der Waals surface area contributed by atoms with Gasteiger partial charge in [0, 0.05) is 25.7 Å². The van der Waals surface area contributed by atoms with E-state index >= 15 is 0 Å². The second-order valence-corrected chi connectivity index (χ2v) is 30.1. The fraction of sp³-hybridized carbons (Fsp3) is 0.943. The third kappa shape index (κ3) is 64.6. The van der Waals surface area contributed by atoms with Crippen molar-refractivity contribution in [2.45, 2.75) is 363 Å². The van der Waals surface area contributed by atoms with E-state index < -0.39 is 97.5 Å². The van der Waals surface area contributed by atoms with Gasteiger partial charge in [-0.3, -0.25) is 37.3 Å². The summed E-state index contributed by atoms with van der Waals surface area (Å²) in [5.74, 6) is 0.778. The summed E-state index contributed by atoms with van der Waals surface area (Å²) in [7, 11) is -9.90. The van der Waals surface area contributed by atoms with Gasteiger partial charge in [-0.2, -0.15) is 0 Å². The fourth-order valence-corrected chi connectivity index (χ4v) is 12.1. The number of esters is 4. The molecule has 3 N–H and O–H groups in total. The fourth-order valence-electron chi connectivity index (χ4n) is 10.5. The Hall–Kier alpha value is -1.94. The van der Waals surface area contributed by atoms with Crippen molar-refractivity contribution in [3.8, 4) is 0 Å². The Morgan fingerprint density at radius 1 is 0.281 bits per heavy atom. The van der Waals surface area contributed by atoms with E-state index in [4.69, 9.17) is 37.0 Å². The molecule has 89 heavy (non-hydrogen) atoms. The highest BCUT2D eigenvalue weighted by Gasteiger charge is 2.30. The van der Waals surface area contributed by atoms with Crippen molar-refractivity contribution in [2.24, 2.45) is 23.7 Å². The lowest BCUT2D eigenvalue weighted by Crippen LogP contribution is -2.30. The molecule has 0 spiro atoms. The quantitative estimate of drug-likeness (QED) is 0.0222. The van der Waals surface area contributed by atoms with Gasteiger partial charge in [0.15, 0.2) is 12.2 Å². The molecule has 19 heteroatoms. The van der Waals surface area contributed by atoms with Crippen molar-refractivity contribution >= 4 is 39.5 Å². The maximum Gasteiger partial charge on any atom is 0.472 e. The molecule has 0 rings (SSSR count). The van der Waals surface area contributed by atoms with Crippen molar-refractivity contribution in [1.82, 2.24) is 0 Å². The van der Waals surface area contributed by atoms with Crippen molar-refractivity contribution in [3.05, 3.63) is 0 Å². The van der Waals surface area contributed by atoms with Crippen LogP contribution >= 0.6 is 15.6 Å². The molecule has 0 aromatic heterocycles. The number of hydrogen-bond donors (Lipinski definition) is 3. The topological polar surface area (TPSA) is 237 Å². The van der Waals surface area contributed by atoms with E-state index in [1.54, 1.807) is 0 Å². The van der Waals surface area contributed by atoms with Gasteiger partial charge in [0.25, 0.3) is 0 Å². The van der Waals surface area contributed by atoms with Crippen molar-refractivity contribution in [3.63, 3.8) is 0 Å². The lowest BCUT2D eigenvalue weighted by molar-refractivity contribution is -0.161. The summed E-state index contributed by atoms with van der Waals surface area (Å²) in [6, 6.07) is 0. The van der Waals surface area contributed by atoms with E-state index in [1.165, 1.54) is 135 Å². The molecule has 0 bridgehead atoms. The Labute approximate surface area is 543 Å². The van der Waals surface area contributed by atoms with Crippen LogP contribution in [-0.4, -0.2) is 96.7 Å². The van der Waals surface area contributed by atoms with Gasteiger partial charge in [-0.05, 0) is 49.4 Å². The normalized spacial score (nSPS) is 14.3. The third-order valence-electron chi connectivity index (χ3n) is 16.1. The summed E-state index contributed by atoms with van der Waals surface area (Å²) in [6.45, 7) is 14.0. The zero-order valence-electron chi connectivity index (χ0n) is 58.1. The lowest BCUT2D eigenvalue weighted by atomic mass is 10.0. The monoisotopic (exact) mass is 1310 g/mol. The Balaban J connectivity index is 5.19. The first-order chi connectivity index (χ1) is 42.6. The predicted octanol–water partition coefficient (Wildman–Crippen LogP) is 19.7. The average molecular weight is 1310 g/mol. The zero-order chi connectivity index (χ0) is 66.1. The average Bonchev–Trinajstić information content (AvgIpc) is 3.70. The van der Waals surface area contributed by atoms with E-state index in [0.29, 0.717) is 37.5 Å². The van der Waals surface area contributed by atoms with Crippen LogP contribution in [0.2, 0.25) is 0 Å². The van der Waals surface area contributed by atoms with Crippen LogP contribution in [0.25, 0.3) is 0 Å². The van der Waals surface area contributed by atoms with Gasteiger partial charge in [-0.25, -0.2) is 9.13 Å². The van der Waals surface area contributed by atoms with E-state index in [1.807, 2.05) is 0 Å². The number of unbranched alkanes of at least 4 members (excludes halogenated alkanes) is 33. The summed E-state index contributed by atoms with van der Waals surface area (Å²) in [5.41, 5.74) is 0. The highest BCUT2D eigenvalue weighted by molar-refractivity contribution is 7.47. The molecule has 0 aliphatic carbocycles. The molecule has 0 aliphatic rings. The van der Waals surface area contributed by atoms with Gasteiger partial charge in [-0.1, -0.05) is 293 Å². The van der Waals surface area contributed by atoms with Crippen LogP contribution in [0.15, 0.2) is 0 Å². The number of phosphoric acid groups is 2. The molecule has 3 unspecified atom stereocenters. The Morgan fingerprint density at radius 3 is 0.697 bits per heavy atom. The summed E-state index contributed by atoms with van der Waals surface area (Å²) in [6.07, 6.45) is 42.1. The number of ether oxygens (including phenoxy) is 4. The molecule has 0 heterocycles. The van der Waals surface area contributed by atoms with Crippen molar-refractivity contribution < 1.29 is 80.2 Å². The summed E-state index contributed by atoms with van der Waals surface area (Å²) >= 11 is 0. The molecular formula is C70H136O17P2. The smallest absolute Gasteiger partial charge is 0.462 e. The van der Waals surface area contributed by atoms with E-state index in [-0.39, 0.29) is 25.7 Å². The summed E-state index contributed by atoms with van der Waals surface area (Å²) in [4.78, 5) is 72.4. The molecule has 5 atom stereocenters. The third-order valence-corrected chi connectivity index (χ3v) is 18.0. The number of hydrogen-bond acceptors (Lipinski definition) is 15. The maximum absolute atomic E-state index is 13.0. The molecule has 0 aromatic rings. The molecule has 17 nitrogen and oxygen atoms in total. The van der Waals surface area contributed by atoms with Crippen molar-refractivity contribution in [1.29, 1.82) is 0 Å². The zero-order valence-corrected chi connectivity index (χ0v) is 59.8. The second-order valence-electron chi connectivity index (χ2n) is 27.2. The minimum Gasteiger partial charge on any atom is -0.462 e. The largest absolute Gasteiger partial charge is 0.472 e. The molecular weight excluding hydrogens is 1170 g/mol. The number of rotatable bonds is 67. The number of phosphoric ester groups is 2. The van der Waals surface area contributed by atoms with E-state index in [2.05, 4.69) is 55.4 Å². The first-order valence-electron chi connectivity index (χ1n) is 36.2. The number of carbonyl (C=O) groups is 4. The molecule has 0 aromatic carbocycles. The van der Waals surface area contributed by atoms with Gasteiger partial charge in [0.1, 0.15) is 19.3 Å². The standard InChI is InChI=1S/C70H136O17P2/c1-60(2)46-38-30-22-17-15-13-11-9-10-12-14-16-18-25-36-44-52-69(74)86-65(56-80-67(72)50-42-34-27-21-24-32-40-48-62(5)6)58-84-88(76,77)82-54-64(71)55-83-89(78,79)85-59-66(57-81-68(73)51-43-35-29-28-33-41-49-63(7)8)87-70(75)53-45-37-26-20-19-23-31-39-47-61(3)4/h60-66,71H,9-59H2,1-8H3,(H,76,77)(H,78,79)/t64?,65-,66-/m1/s1. The molecule has 0 saturated heterocycles. The molecule has 0 radical (unpaired) electrons. The molecule has 0 aliphatic heterocycles. The number of aliphatic hydroxyl groups excluding tert-OH is 1. The Morgan fingerprint density at radius 2 is 0.472 bits per heavy atom. The van der Waals surface area contributed by atoms with Crippen LogP contribution in [0, 0.1) is 23.7 Å². The van der Waals surface area contributed by atoms with Crippen LogP contribution in [-0.2, 0) is 65.4 Å². The van der Waals surface area contributed by atoms with Crippen molar-refractivity contribution in [2.75, 3.05) is 39.6 Å². The van der Waals surface area contributed by atoms with Crippen LogP contribution in [0.3, 0.4) is 0 Å². The first kappa shape index (κ1) is 87.1. The Bertz CT molecular complexity index is 1760. The van der Waals surface area contributed by atoms with Gasteiger partial charge >= 0.3 is 39.5 Å². The van der Waals surface area contributed by atoms with Crippen LogP contribution in [0.4, 0.5) is 0 Å². The highest BCUT2D eigenvalue weighted by atomic mass is 31.2. The van der Waals surface area contributed by atoms with Gasteiger partial charge < -0.3 is 33.8 Å². The number of aliphatic hydroxyl groups is 1. The molecule has 0 amide bonds. The summed E-state index contributed by atoms with van der Waals surface area (Å²) < 4.78 is 68.2. The van der Waals surface area contributed by atoms with Crippen LogP contribution < -0.4 is 0 Å². The second kappa shape index (κ2) is 59.8. The lowest BCUT2D eigenvalue weighted by Gasteiger charge is -2.21. The molecule has 0 saturated carbocycles. The predicted molar refractivity (Wildman–Crippen MR) is 358 cm³/mol. The van der Waals surface area contributed by atoms with Gasteiger partial charge in [0.05, 0.1) is 26.4 Å². The summed E-state index contributed by atoms with van der Waals surface area (Å²) in [5, 5.41) is 10.6. The molecule has 0 fully saturated rings. The van der Waals surface area contributed by atoms with Crippen LogP contribution in [0.1, 0.15) is 344 Å². The molecule has 528 valence electrons. The maximum atomic E-state index is 13.0. The van der Waals surface area contributed by atoms with Gasteiger partial charge in [-0.15, -0.1) is 0 Å².